The van der Waals surface area contributed by atoms with Crippen LogP contribution in [0.5, 0.6) is 0 Å². The number of morpholine rings is 1. The van der Waals surface area contributed by atoms with Gasteiger partial charge in [0.15, 0.2) is 17.3 Å². The van der Waals surface area contributed by atoms with E-state index in [-0.39, 0.29) is 34.1 Å². The maximum Gasteiger partial charge on any atom is 0.358 e. The van der Waals surface area contributed by atoms with Gasteiger partial charge in [-0.05, 0) is 36.4 Å². The topological polar surface area (TPSA) is 103 Å². The number of benzene rings is 2. The van der Waals surface area contributed by atoms with E-state index in [1.54, 1.807) is 12.1 Å². The molecule has 1 aliphatic rings. The first-order chi connectivity index (χ1) is 15.9. The maximum absolute atomic E-state index is 15.1. The molecule has 2 aromatic carbocycles. The van der Waals surface area contributed by atoms with E-state index >= 15 is 4.39 Å². The smallest absolute Gasteiger partial charge is 0.358 e. The van der Waals surface area contributed by atoms with Gasteiger partial charge in [0, 0.05) is 24.8 Å². The molecule has 0 saturated carbocycles. The SMILES string of the molecule is O=C(O)c1cc(Cn2c(=O)n(-c3ccc(N4CCOCC4)cc3)c3c(F)c(Cl)ccc32)on1. The molecule has 0 bridgehead atoms. The fourth-order valence-corrected chi connectivity index (χ4v) is 4.10. The number of rotatable bonds is 5. The Kier molecular flexibility index (Phi) is 5.39. The maximum atomic E-state index is 15.1. The first-order valence-electron chi connectivity index (χ1n) is 10.2. The van der Waals surface area contributed by atoms with Gasteiger partial charge in [-0.3, -0.25) is 9.13 Å². The minimum atomic E-state index is -1.25. The van der Waals surface area contributed by atoms with Crippen LogP contribution >= 0.6 is 11.6 Å². The van der Waals surface area contributed by atoms with Crippen LogP contribution < -0.4 is 10.6 Å². The number of ether oxygens (including phenoxy) is 1. The highest BCUT2D eigenvalue weighted by Gasteiger charge is 2.22. The second kappa shape index (κ2) is 8.38. The average Bonchev–Trinajstić information content (AvgIpc) is 3.41. The van der Waals surface area contributed by atoms with Gasteiger partial charge in [0.2, 0.25) is 0 Å². The Bertz CT molecular complexity index is 1400. The second-order valence-electron chi connectivity index (χ2n) is 7.53. The number of carboxylic acid groups (broad SMARTS) is 1. The van der Waals surface area contributed by atoms with Crippen molar-refractivity contribution < 1.29 is 23.6 Å². The van der Waals surface area contributed by atoms with E-state index in [9.17, 15) is 9.59 Å². The Morgan fingerprint density at radius 2 is 1.82 bits per heavy atom. The molecule has 0 atom stereocenters. The summed E-state index contributed by atoms with van der Waals surface area (Å²) in [5.74, 6) is -1.84. The Hall–Kier alpha value is -3.63. The van der Waals surface area contributed by atoms with Crippen molar-refractivity contribution in [3.63, 3.8) is 0 Å². The van der Waals surface area contributed by atoms with E-state index in [4.69, 9.17) is 26.0 Å². The zero-order chi connectivity index (χ0) is 23.1. The minimum Gasteiger partial charge on any atom is -0.476 e. The summed E-state index contributed by atoms with van der Waals surface area (Å²) >= 11 is 6.02. The standard InChI is InChI=1S/C22H18ClFN4O5/c23-16-5-6-18-20(19(16)24)28(14-3-1-13(2-4-14)26-7-9-32-10-8-26)22(31)27(18)12-15-11-17(21(29)30)25-33-15/h1-6,11H,7-10,12H2,(H,29,30). The third-order valence-electron chi connectivity index (χ3n) is 5.56. The number of hydrogen-bond donors (Lipinski definition) is 1. The molecule has 1 N–H and O–H groups in total. The third kappa shape index (κ3) is 3.77. The number of hydrogen-bond acceptors (Lipinski definition) is 6. The van der Waals surface area contributed by atoms with Crippen LogP contribution in [0.3, 0.4) is 0 Å². The van der Waals surface area contributed by atoms with Crippen LogP contribution in [0.1, 0.15) is 16.2 Å². The van der Waals surface area contributed by atoms with Crippen molar-refractivity contribution >= 4 is 34.3 Å². The predicted molar refractivity (Wildman–Crippen MR) is 118 cm³/mol. The summed E-state index contributed by atoms with van der Waals surface area (Å²) in [4.78, 5) is 26.7. The first-order valence-corrected chi connectivity index (χ1v) is 10.5. The summed E-state index contributed by atoms with van der Waals surface area (Å²) in [7, 11) is 0. The van der Waals surface area contributed by atoms with Gasteiger partial charge >= 0.3 is 11.7 Å². The zero-order valence-electron chi connectivity index (χ0n) is 17.2. The molecule has 0 amide bonds. The van der Waals surface area contributed by atoms with E-state index in [1.807, 2.05) is 12.1 Å². The van der Waals surface area contributed by atoms with Gasteiger partial charge < -0.3 is 19.3 Å². The summed E-state index contributed by atoms with van der Waals surface area (Å²) in [6.07, 6.45) is 0. The van der Waals surface area contributed by atoms with Gasteiger partial charge in [-0.1, -0.05) is 16.8 Å². The van der Waals surface area contributed by atoms with Crippen molar-refractivity contribution in [2.24, 2.45) is 0 Å². The van der Waals surface area contributed by atoms with Crippen molar-refractivity contribution in [3.8, 4) is 5.69 Å². The molecule has 4 aromatic rings. The molecule has 9 nitrogen and oxygen atoms in total. The number of aromatic carboxylic acids is 1. The van der Waals surface area contributed by atoms with E-state index in [2.05, 4.69) is 10.1 Å². The van der Waals surface area contributed by atoms with Crippen LogP contribution in [0.4, 0.5) is 10.1 Å². The van der Waals surface area contributed by atoms with Crippen molar-refractivity contribution in [2.45, 2.75) is 6.54 Å². The largest absolute Gasteiger partial charge is 0.476 e. The number of halogens is 2. The number of carbonyl (C=O) groups is 1. The van der Waals surface area contributed by atoms with Gasteiger partial charge in [-0.2, -0.15) is 0 Å². The van der Waals surface area contributed by atoms with Gasteiger partial charge in [0.1, 0.15) is 5.52 Å². The van der Waals surface area contributed by atoms with Crippen molar-refractivity contribution in [1.82, 2.24) is 14.3 Å². The molecule has 1 aliphatic heterocycles. The lowest BCUT2D eigenvalue weighted by Crippen LogP contribution is -2.36. The van der Waals surface area contributed by atoms with E-state index in [1.165, 1.54) is 27.3 Å². The van der Waals surface area contributed by atoms with Crippen LogP contribution in [0.25, 0.3) is 16.7 Å². The lowest BCUT2D eigenvalue weighted by Gasteiger charge is -2.28. The fraction of sp³-hybridized carbons (Fsp3) is 0.227. The number of nitrogens with zero attached hydrogens (tertiary/aromatic N) is 4. The van der Waals surface area contributed by atoms with E-state index in [0.29, 0.717) is 18.9 Å². The Morgan fingerprint density at radius 3 is 2.48 bits per heavy atom. The highest BCUT2D eigenvalue weighted by Crippen LogP contribution is 2.28. The lowest BCUT2D eigenvalue weighted by molar-refractivity contribution is 0.0685. The molecule has 1 saturated heterocycles. The summed E-state index contributed by atoms with van der Waals surface area (Å²) in [6.45, 7) is 2.68. The van der Waals surface area contributed by atoms with E-state index < -0.39 is 17.5 Å². The molecule has 170 valence electrons. The van der Waals surface area contributed by atoms with Crippen LogP contribution in [-0.2, 0) is 11.3 Å². The highest BCUT2D eigenvalue weighted by molar-refractivity contribution is 6.31. The molecule has 0 unspecified atom stereocenters. The molecule has 33 heavy (non-hydrogen) atoms. The molecule has 5 rings (SSSR count). The summed E-state index contributed by atoms with van der Waals surface area (Å²) in [5, 5.41) is 12.4. The second-order valence-corrected chi connectivity index (χ2v) is 7.94. The van der Waals surface area contributed by atoms with Gasteiger partial charge in [0.25, 0.3) is 0 Å². The lowest BCUT2D eigenvalue weighted by atomic mass is 10.2. The van der Waals surface area contributed by atoms with Gasteiger partial charge in [0.05, 0.1) is 36.0 Å². The van der Waals surface area contributed by atoms with Crippen molar-refractivity contribution in [2.75, 3.05) is 31.2 Å². The number of fused-ring (bicyclic) bond motifs is 1. The Balaban J connectivity index is 1.61. The van der Waals surface area contributed by atoms with Crippen LogP contribution in [-0.4, -0.2) is 51.7 Å². The molecular formula is C22H18ClFN4O5. The zero-order valence-corrected chi connectivity index (χ0v) is 18.0. The molecule has 11 heteroatoms. The monoisotopic (exact) mass is 472 g/mol. The molecule has 0 radical (unpaired) electrons. The van der Waals surface area contributed by atoms with Crippen molar-refractivity contribution in [1.29, 1.82) is 0 Å². The molecule has 0 aliphatic carbocycles. The summed E-state index contributed by atoms with van der Waals surface area (Å²) < 4.78 is 28.1. The number of imidazole rings is 1. The first kappa shape index (κ1) is 21.2. The average molecular weight is 473 g/mol. The van der Waals surface area contributed by atoms with Crippen LogP contribution in [0.15, 0.2) is 51.8 Å². The molecule has 2 aromatic heterocycles. The van der Waals surface area contributed by atoms with E-state index in [0.717, 1.165) is 18.8 Å². The summed E-state index contributed by atoms with van der Waals surface area (Å²) in [5.41, 5.74) is 0.927. The van der Waals surface area contributed by atoms with Crippen LogP contribution in [0.2, 0.25) is 5.02 Å². The quantitative estimate of drug-likeness (QED) is 0.476. The number of aromatic nitrogens is 3. The Morgan fingerprint density at radius 1 is 1.12 bits per heavy atom. The third-order valence-corrected chi connectivity index (χ3v) is 5.85. The number of anilines is 1. The molecular weight excluding hydrogens is 455 g/mol. The van der Waals surface area contributed by atoms with Gasteiger partial charge in [-0.25, -0.2) is 14.0 Å². The molecule has 0 spiro atoms. The fourth-order valence-electron chi connectivity index (χ4n) is 3.95. The predicted octanol–water partition coefficient (Wildman–Crippen LogP) is 3.16. The minimum absolute atomic E-state index is 0.0181. The van der Waals surface area contributed by atoms with Gasteiger partial charge in [-0.15, -0.1) is 0 Å². The molecule has 1 fully saturated rings. The summed E-state index contributed by atoms with van der Waals surface area (Å²) in [6, 6.07) is 11.4. The van der Waals surface area contributed by atoms with Crippen molar-refractivity contribution in [3.05, 3.63) is 75.2 Å². The normalized spacial score (nSPS) is 14.2. The Labute approximate surface area is 191 Å². The highest BCUT2D eigenvalue weighted by atomic mass is 35.5. The number of carboxylic acids is 1. The molecule has 3 heterocycles. The van der Waals surface area contributed by atoms with Crippen LogP contribution in [0, 0.1) is 5.82 Å².